The van der Waals surface area contributed by atoms with Gasteiger partial charge in [0.05, 0.1) is 13.2 Å². The molecule has 0 aliphatic carbocycles. The quantitative estimate of drug-likeness (QED) is 0.0264. The predicted molar refractivity (Wildman–Crippen MR) is 366 cm³/mol. The number of carbonyl (C=O) groups excluding carboxylic acids is 2. The van der Waals surface area contributed by atoms with Crippen LogP contribution >= 0.6 is 7.82 Å². The fourth-order valence-electron chi connectivity index (χ4n) is 8.97. The second-order valence-corrected chi connectivity index (χ2v) is 23.4. The second-order valence-electron chi connectivity index (χ2n) is 21.9. The molecule has 0 saturated carbocycles. The van der Waals surface area contributed by atoms with E-state index in [0.717, 1.165) is 128 Å². The van der Waals surface area contributed by atoms with E-state index in [1.54, 1.807) is 0 Å². The van der Waals surface area contributed by atoms with Crippen LogP contribution in [0.3, 0.4) is 0 Å². The molecule has 0 aromatic carbocycles. The van der Waals surface area contributed by atoms with Gasteiger partial charge in [-0.05, 0) is 122 Å². The van der Waals surface area contributed by atoms with E-state index in [1.807, 2.05) is 0 Å². The van der Waals surface area contributed by atoms with Crippen LogP contribution in [0.5, 0.6) is 0 Å². The van der Waals surface area contributed by atoms with E-state index in [-0.39, 0.29) is 32.6 Å². The van der Waals surface area contributed by atoms with Gasteiger partial charge in [-0.3, -0.25) is 18.6 Å². The normalized spacial score (nSPS) is 14.0. The van der Waals surface area contributed by atoms with Crippen molar-refractivity contribution in [1.82, 2.24) is 0 Å². The summed E-state index contributed by atoms with van der Waals surface area (Å²) in [6, 6.07) is 0. The summed E-state index contributed by atoms with van der Waals surface area (Å²) >= 11 is 0. The van der Waals surface area contributed by atoms with E-state index in [4.69, 9.17) is 24.3 Å². The van der Waals surface area contributed by atoms with Crippen LogP contribution in [0.15, 0.2) is 158 Å². The molecule has 0 saturated heterocycles. The minimum Gasteiger partial charge on any atom is -0.462 e. The summed E-state index contributed by atoms with van der Waals surface area (Å²) in [5.74, 6) is -0.859. The van der Waals surface area contributed by atoms with Gasteiger partial charge in [0, 0.05) is 19.4 Å². The number of hydrogen-bond donors (Lipinski definition) is 2. The van der Waals surface area contributed by atoms with E-state index in [2.05, 4.69) is 172 Å². The lowest BCUT2D eigenvalue weighted by molar-refractivity contribution is -0.161. The molecule has 2 atom stereocenters. The van der Waals surface area contributed by atoms with E-state index >= 15 is 0 Å². The van der Waals surface area contributed by atoms with Crippen molar-refractivity contribution in [3.8, 4) is 0 Å². The predicted octanol–water partition coefficient (Wildman–Crippen LogP) is 22.4. The first-order chi connectivity index (χ1) is 41.8. The maximum Gasteiger partial charge on any atom is 0.472 e. The first kappa shape index (κ1) is 80.6. The third-order valence-corrected chi connectivity index (χ3v) is 14.9. The number of carbonyl (C=O) groups is 2. The van der Waals surface area contributed by atoms with Gasteiger partial charge in [0.15, 0.2) is 6.10 Å². The van der Waals surface area contributed by atoms with Crippen molar-refractivity contribution >= 4 is 19.8 Å². The fraction of sp³-hybridized carbons (Fsp3) is 0.627. The minimum atomic E-state index is -4.41. The number of esters is 2. The summed E-state index contributed by atoms with van der Waals surface area (Å²) in [5.41, 5.74) is 5.39. The SMILES string of the molecule is CC/C=C\C/C=C\C/C=C\C/C=C\C/C=C\C/C=C\C/C=C\CCCCCCCCCCCCCCCCCCCCCC(=O)OC(COC(=O)CCCCCC/C=C\C/C=C\C/C=C\C/C=C\C/C=C\C/C=C\CC)COP(=O)(O)OCCN. The Labute approximate surface area is 521 Å². The van der Waals surface area contributed by atoms with Crippen molar-refractivity contribution in [3.63, 3.8) is 0 Å². The number of phosphoric acid groups is 1. The highest BCUT2D eigenvalue weighted by Gasteiger charge is 2.26. The molecule has 10 heteroatoms. The summed E-state index contributed by atoms with van der Waals surface area (Å²) in [7, 11) is -4.41. The van der Waals surface area contributed by atoms with Crippen molar-refractivity contribution < 1.29 is 37.6 Å². The van der Waals surface area contributed by atoms with Gasteiger partial charge >= 0.3 is 19.8 Å². The van der Waals surface area contributed by atoms with E-state index in [9.17, 15) is 19.0 Å². The van der Waals surface area contributed by atoms with Crippen molar-refractivity contribution in [1.29, 1.82) is 0 Å². The molecule has 0 aliphatic heterocycles. The lowest BCUT2D eigenvalue weighted by atomic mass is 10.0. The molecule has 0 rings (SSSR count). The van der Waals surface area contributed by atoms with Gasteiger partial charge in [0.1, 0.15) is 6.61 Å². The highest BCUT2D eigenvalue weighted by atomic mass is 31.2. The zero-order valence-electron chi connectivity index (χ0n) is 54.0. The van der Waals surface area contributed by atoms with Crippen LogP contribution in [0.4, 0.5) is 0 Å². The molecular weight excluding hydrogens is 1070 g/mol. The molecule has 0 heterocycles. The molecule has 0 bridgehead atoms. The largest absolute Gasteiger partial charge is 0.472 e. The molecule has 0 spiro atoms. The number of phosphoric ester groups is 1. The highest BCUT2D eigenvalue weighted by molar-refractivity contribution is 7.47. The molecule has 0 aromatic rings. The molecule has 85 heavy (non-hydrogen) atoms. The van der Waals surface area contributed by atoms with Crippen LogP contribution < -0.4 is 5.73 Å². The number of nitrogens with two attached hydrogens (primary N) is 1. The summed E-state index contributed by atoms with van der Waals surface area (Å²) < 4.78 is 33.1. The van der Waals surface area contributed by atoms with E-state index < -0.39 is 32.5 Å². The van der Waals surface area contributed by atoms with Crippen LogP contribution in [0.1, 0.15) is 271 Å². The first-order valence-corrected chi connectivity index (χ1v) is 35.5. The number of ether oxygens (including phenoxy) is 2. The summed E-state index contributed by atoms with van der Waals surface area (Å²) in [5, 5.41) is 0. The number of allylic oxidation sites excluding steroid dienone is 26. The van der Waals surface area contributed by atoms with Gasteiger partial charge in [-0.1, -0.05) is 294 Å². The lowest BCUT2D eigenvalue weighted by Crippen LogP contribution is -2.29. The average Bonchev–Trinajstić information content (AvgIpc) is 3.52. The number of unbranched alkanes of at least 4 members (excludes halogenated alkanes) is 23. The lowest BCUT2D eigenvalue weighted by Gasteiger charge is -2.19. The molecule has 482 valence electrons. The van der Waals surface area contributed by atoms with Crippen molar-refractivity contribution in [2.75, 3.05) is 26.4 Å². The monoisotopic (exact) mass is 1200 g/mol. The molecule has 0 radical (unpaired) electrons. The van der Waals surface area contributed by atoms with Crippen molar-refractivity contribution in [2.24, 2.45) is 5.73 Å². The first-order valence-electron chi connectivity index (χ1n) is 34.0. The molecule has 0 aromatic heterocycles. The topological polar surface area (TPSA) is 134 Å². The molecule has 0 fully saturated rings. The van der Waals surface area contributed by atoms with E-state index in [1.165, 1.54) is 103 Å². The van der Waals surface area contributed by atoms with Gasteiger partial charge in [0.25, 0.3) is 0 Å². The van der Waals surface area contributed by atoms with Gasteiger partial charge in [0.2, 0.25) is 0 Å². The Morgan fingerprint density at radius 3 is 0.906 bits per heavy atom. The number of rotatable bonds is 62. The van der Waals surface area contributed by atoms with Gasteiger partial charge in [-0.15, -0.1) is 0 Å². The zero-order chi connectivity index (χ0) is 61.6. The van der Waals surface area contributed by atoms with Gasteiger partial charge in [-0.25, -0.2) is 4.57 Å². The maximum absolute atomic E-state index is 12.8. The zero-order valence-corrected chi connectivity index (χ0v) is 54.9. The molecule has 0 aliphatic rings. The molecule has 3 N–H and O–H groups in total. The van der Waals surface area contributed by atoms with Gasteiger partial charge < -0.3 is 20.1 Å². The Morgan fingerprint density at radius 2 is 0.612 bits per heavy atom. The smallest absolute Gasteiger partial charge is 0.462 e. The van der Waals surface area contributed by atoms with Crippen molar-refractivity contribution in [2.45, 2.75) is 277 Å². The summed E-state index contributed by atoms with van der Waals surface area (Å²) in [6.07, 6.45) is 100. The van der Waals surface area contributed by atoms with Crippen LogP contribution in [0, 0.1) is 0 Å². The molecule has 9 nitrogen and oxygen atoms in total. The Kier molecular flexibility index (Phi) is 65.2. The van der Waals surface area contributed by atoms with Gasteiger partial charge in [-0.2, -0.15) is 0 Å². The van der Waals surface area contributed by atoms with Crippen LogP contribution in [-0.4, -0.2) is 49.3 Å². The minimum absolute atomic E-state index is 0.0433. The van der Waals surface area contributed by atoms with Crippen LogP contribution in [0.25, 0.3) is 0 Å². The van der Waals surface area contributed by atoms with Crippen LogP contribution in [-0.2, 0) is 32.7 Å². The number of hydrogen-bond acceptors (Lipinski definition) is 8. The molecular formula is C75H124NO8P. The third kappa shape index (κ3) is 68.6. The Bertz CT molecular complexity index is 1950. The van der Waals surface area contributed by atoms with Crippen LogP contribution in [0.2, 0.25) is 0 Å². The standard InChI is InChI=1S/C75H124NO8P/c1-3-5-7-9-11-13-15-17-19-21-23-25-27-28-29-30-31-32-33-34-35-36-37-38-39-40-41-42-43-44-46-48-50-52-54-56-58-60-62-64-66-68-75(78)84-73(72-83-85(79,80)82-70-69-76)71-81-74(77)67-65-63-61-59-57-55-53-51-49-47-45-26-24-22-20-18-16-14-12-10-8-6-4-2/h5-8,11-14,17-20,23-26,28-29,31-32,34-35,47,49,53,55,73H,3-4,9-10,15-16,21-22,27,30,33,36-46,48,50-52,54,56-72,76H2,1-2H3,(H,79,80)/b7-5-,8-6-,13-11-,14-12-,19-17-,20-18-,25-23-,26-24-,29-28-,32-31-,35-34-,49-47-,55-53-. The highest BCUT2D eigenvalue weighted by Crippen LogP contribution is 2.43. The summed E-state index contributed by atoms with van der Waals surface area (Å²) in [6.45, 7) is 3.49. The average molecular weight is 1200 g/mol. The Morgan fingerprint density at radius 1 is 0.353 bits per heavy atom. The molecule has 2 unspecified atom stereocenters. The second kappa shape index (κ2) is 68.7. The third-order valence-electron chi connectivity index (χ3n) is 13.9. The molecule has 0 amide bonds. The Hall–Kier alpha value is -4.37. The van der Waals surface area contributed by atoms with Crippen molar-refractivity contribution in [3.05, 3.63) is 158 Å². The Balaban J connectivity index is 3.91. The fourth-order valence-corrected chi connectivity index (χ4v) is 9.74. The maximum atomic E-state index is 12.8. The summed E-state index contributed by atoms with van der Waals surface area (Å²) in [4.78, 5) is 35.3. The van der Waals surface area contributed by atoms with E-state index in [0.29, 0.717) is 12.8 Å².